The zero-order valence-corrected chi connectivity index (χ0v) is 16.5. The second kappa shape index (κ2) is 8.12. The molecular formula is C22H20N4O4. The molecule has 0 aliphatic heterocycles. The molecule has 0 saturated heterocycles. The van der Waals surface area contributed by atoms with Crippen molar-refractivity contribution in [3.8, 4) is 28.5 Å². The first-order chi connectivity index (χ1) is 14.6. The molecule has 0 atom stereocenters. The van der Waals surface area contributed by atoms with Gasteiger partial charge in [-0.25, -0.2) is 9.97 Å². The van der Waals surface area contributed by atoms with E-state index in [0.29, 0.717) is 35.2 Å². The molecule has 0 bridgehead atoms. The molecule has 4 rings (SSSR count). The Morgan fingerprint density at radius 2 is 2.00 bits per heavy atom. The van der Waals surface area contributed by atoms with Gasteiger partial charge in [-0.3, -0.25) is 9.20 Å². The number of carbonyl (C=O) groups is 1. The normalized spacial score (nSPS) is 10.7. The van der Waals surface area contributed by atoms with Crippen LogP contribution in [0.4, 0.5) is 11.5 Å². The van der Waals surface area contributed by atoms with E-state index in [1.807, 2.05) is 28.8 Å². The standard InChI is InChI=1S/C22H20N4O4/c1-3-19(28)30-16-8-6-15(7-9-16)24-21-20(25-22-23-11-4-12-26(21)22)14-5-10-17(27)18(13-14)29-2/h4-13,24,27H,3H2,1-2H3. The van der Waals surface area contributed by atoms with Crippen LogP contribution < -0.4 is 14.8 Å². The van der Waals surface area contributed by atoms with Gasteiger partial charge in [0.15, 0.2) is 11.5 Å². The summed E-state index contributed by atoms with van der Waals surface area (Å²) < 4.78 is 12.3. The average molecular weight is 404 g/mol. The molecule has 2 heterocycles. The zero-order chi connectivity index (χ0) is 21.1. The molecule has 4 aromatic rings. The summed E-state index contributed by atoms with van der Waals surface area (Å²) in [4.78, 5) is 20.4. The number of methoxy groups -OCH3 is 1. The van der Waals surface area contributed by atoms with Crippen LogP contribution >= 0.6 is 0 Å². The van der Waals surface area contributed by atoms with E-state index in [-0.39, 0.29) is 11.7 Å². The number of rotatable bonds is 6. The van der Waals surface area contributed by atoms with Crippen molar-refractivity contribution >= 4 is 23.3 Å². The van der Waals surface area contributed by atoms with Crippen LogP contribution in [0.3, 0.4) is 0 Å². The van der Waals surface area contributed by atoms with Gasteiger partial charge in [0.05, 0.1) is 7.11 Å². The van der Waals surface area contributed by atoms with Crippen LogP contribution in [0.2, 0.25) is 0 Å². The Hall–Kier alpha value is -4.07. The van der Waals surface area contributed by atoms with Gasteiger partial charge >= 0.3 is 5.97 Å². The molecule has 2 aromatic heterocycles. The number of nitrogens with zero attached hydrogens (tertiary/aromatic N) is 3. The van der Waals surface area contributed by atoms with Gasteiger partial charge in [0.2, 0.25) is 5.78 Å². The molecule has 0 aliphatic carbocycles. The summed E-state index contributed by atoms with van der Waals surface area (Å²) in [5, 5.41) is 13.3. The van der Waals surface area contributed by atoms with Crippen LogP contribution in [0, 0.1) is 0 Å². The summed E-state index contributed by atoms with van der Waals surface area (Å²) >= 11 is 0. The number of esters is 1. The minimum atomic E-state index is -0.285. The van der Waals surface area contributed by atoms with Gasteiger partial charge in [-0.05, 0) is 48.5 Å². The number of phenols is 1. The summed E-state index contributed by atoms with van der Waals surface area (Å²) in [7, 11) is 1.50. The van der Waals surface area contributed by atoms with Gasteiger partial charge < -0.3 is 19.9 Å². The number of anilines is 2. The fourth-order valence-electron chi connectivity index (χ4n) is 2.98. The highest BCUT2D eigenvalue weighted by Crippen LogP contribution is 2.36. The van der Waals surface area contributed by atoms with E-state index in [4.69, 9.17) is 9.47 Å². The lowest BCUT2D eigenvalue weighted by Gasteiger charge is -2.11. The molecule has 2 N–H and O–H groups in total. The van der Waals surface area contributed by atoms with Crippen LogP contribution in [-0.4, -0.2) is 32.6 Å². The number of phenolic OH excluding ortho intramolecular Hbond substituents is 1. The number of hydrogen-bond donors (Lipinski definition) is 2. The van der Waals surface area contributed by atoms with Crippen LogP contribution in [0.5, 0.6) is 17.2 Å². The molecule has 0 radical (unpaired) electrons. The molecular weight excluding hydrogens is 384 g/mol. The monoisotopic (exact) mass is 404 g/mol. The number of aromatic hydroxyl groups is 1. The van der Waals surface area contributed by atoms with Crippen LogP contribution in [0.25, 0.3) is 17.0 Å². The third-order valence-corrected chi connectivity index (χ3v) is 4.49. The summed E-state index contributed by atoms with van der Waals surface area (Å²) in [6.45, 7) is 1.75. The molecule has 0 fully saturated rings. The van der Waals surface area contributed by atoms with Crippen molar-refractivity contribution in [3.05, 3.63) is 60.9 Å². The number of fused-ring (bicyclic) bond motifs is 1. The number of carbonyl (C=O) groups excluding carboxylic acids is 1. The minimum Gasteiger partial charge on any atom is -0.504 e. The maximum Gasteiger partial charge on any atom is 0.310 e. The topological polar surface area (TPSA) is 98.0 Å². The third-order valence-electron chi connectivity index (χ3n) is 4.49. The van der Waals surface area contributed by atoms with Gasteiger partial charge in [-0.2, -0.15) is 0 Å². The first-order valence-electron chi connectivity index (χ1n) is 9.37. The lowest BCUT2D eigenvalue weighted by Crippen LogP contribution is -2.05. The summed E-state index contributed by atoms with van der Waals surface area (Å²) in [6, 6.07) is 13.9. The smallest absolute Gasteiger partial charge is 0.310 e. The number of hydrogen-bond acceptors (Lipinski definition) is 7. The van der Waals surface area contributed by atoms with E-state index < -0.39 is 0 Å². The predicted octanol–water partition coefficient (Wildman–Crippen LogP) is 4.17. The van der Waals surface area contributed by atoms with Crippen molar-refractivity contribution < 1.29 is 19.4 Å². The SMILES string of the molecule is CCC(=O)Oc1ccc(Nc2c(-c3ccc(O)c(OC)c3)nc3ncccn23)cc1. The molecule has 0 amide bonds. The Balaban J connectivity index is 1.73. The van der Waals surface area contributed by atoms with Gasteiger partial charge in [0, 0.05) is 30.1 Å². The fourth-order valence-corrected chi connectivity index (χ4v) is 2.98. The zero-order valence-electron chi connectivity index (χ0n) is 16.5. The summed E-state index contributed by atoms with van der Waals surface area (Å²) in [5.74, 6) is 1.82. The quantitative estimate of drug-likeness (QED) is 0.368. The maximum absolute atomic E-state index is 11.5. The molecule has 8 nitrogen and oxygen atoms in total. The predicted molar refractivity (Wildman–Crippen MR) is 112 cm³/mol. The van der Waals surface area contributed by atoms with Crippen LogP contribution in [0.1, 0.15) is 13.3 Å². The largest absolute Gasteiger partial charge is 0.504 e. The highest BCUT2D eigenvalue weighted by Gasteiger charge is 2.17. The van der Waals surface area contributed by atoms with Gasteiger partial charge in [0.25, 0.3) is 0 Å². The fraction of sp³-hybridized carbons (Fsp3) is 0.136. The lowest BCUT2D eigenvalue weighted by molar-refractivity contribution is -0.134. The minimum absolute atomic E-state index is 0.0508. The molecule has 152 valence electrons. The Bertz CT molecular complexity index is 1200. The van der Waals surface area contributed by atoms with Gasteiger partial charge in [-0.15, -0.1) is 0 Å². The van der Waals surface area contributed by atoms with Crippen molar-refractivity contribution in [2.24, 2.45) is 0 Å². The van der Waals surface area contributed by atoms with Crippen molar-refractivity contribution in [1.29, 1.82) is 0 Å². The molecule has 0 saturated carbocycles. The number of aromatic nitrogens is 3. The first-order valence-corrected chi connectivity index (χ1v) is 9.37. The van der Waals surface area contributed by atoms with E-state index in [9.17, 15) is 9.90 Å². The Morgan fingerprint density at radius 1 is 1.20 bits per heavy atom. The van der Waals surface area contributed by atoms with Crippen LogP contribution in [0.15, 0.2) is 60.9 Å². The van der Waals surface area contributed by atoms with Crippen molar-refractivity contribution in [1.82, 2.24) is 14.4 Å². The summed E-state index contributed by atoms with van der Waals surface area (Å²) in [5.41, 5.74) is 2.18. The van der Waals surface area contributed by atoms with Crippen molar-refractivity contribution in [2.45, 2.75) is 13.3 Å². The van der Waals surface area contributed by atoms with E-state index >= 15 is 0 Å². The molecule has 8 heteroatoms. The number of benzene rings is 2. The molecule has 0 spiro atoms. The van der Waals surface area contributed by atoms with Crippen molar-refractivity contribution in [2.75, 3.05) is 12.4 Å². The van der Waals surface area contributed by atoms with Gasteiger partial charge in [0.1, 0.15) is 17.3 Å². The first kappa shape index (κ1) is 19.3. The second-order valence-electron chi connectivity index (χ2n) is 6.46. The molecule has 0 unspecified atom stereocenters. The lowest BCUT2D eigenvalue weighted by atomic mass is 10.1. The highest BCUT2D eigenvalue weighted by atomic mass is 16.5. The second-order valence-corrected chi connectivity index (χ2v) is 6.46. The average Bonchev–Trinajstić information content (AvgIpc) is 3.13. The van der Waals surface area contributed by atoms with Gasteiger partial charge in [-0.1, -0.05) is 6.92 Å². The van der Waals surface area contributed by atoms with E-state index in [1.165, 1.54) is 7.11 Å². The molecule has 2 aromatic carbocycles. The van der Waals surface area contributed by atoms with E-state index in [1.54, 1.807) is 43.5 Å². The third kappa shape index (κ3) is 3.75. The Morgan fingerprint density at radius 3 is 2.73 bits per heavy atom. The Labute approximate surface area is 172 Å². The number of imidazole rings is 1. The van der Waals surface area contributed by atoms with Crippen LogP contribution in [-0.2, 0) is 4.79 Å². The van der Waals surface area contributed by atoms with E-state index in [2.05, 4.69) is 15.3 Å². The number of nitrogens with one attached hydrogen (secondary N) is 1. The Kier molecular flexibility index (Phi) is 5.21. The number of ether oxygens (including phenoxy) is 2. The maximum atomic E-state index is 11.5. The van der Waals surface area contributed by atoms with Crippen molar-refractivity contribution in [3.63, 3.8) is 0 Å². The molecule has 0 aliphatic rings. The van der Waals surface area contributed by atoms with E-state index in [0.717, 1.165) is 11.3 Å². The summed E-state index contributed by atoms with van der Waals surface area (Å²) in [6.07, 6.45) is 3.84. The molecule has 30 heavy (non-hydrogen) atoms. The highest BCUT2D eigenvalue weighted by molar-refractivity contribution is 5.80.